The zero-order valence-corrected chi connectivity index (χ0v) is 16.7. The first kappa shape index (κ1) is 17.5. The fourth-order valence-corrected chi connectivity index (χ4v) is 5.27. The Hall–Kier alpha value is -2.56. The minimum absolute atomic E-state index is 0.187. The maximum absolute atomic E-state index is 13.3. The quantitative estimate of drug-likeness (QED) is 0.518. The maximum atomic E-state index is 13.3. The third-order valence-electron chi connectivity index (χ3n) is 5.46. The lowest BCUT2D eigenvalue weighted by atomic mass is 9.79. The van der Waals surface area contributed by atoms with Gasteiger partial charge in [0.1, 0.15) is 0 Å². The minimum Gasteiger partial charge on any atom is -0.372 e. The number of halogens is 1. The van der Waals surface area contributed by atoms with Crippen LogP contribution >= 0.6 is 22.9 Å². The second-order valence-electron chi connectivity index (χ2n) is 7.22. The number of para-hydroxylation sites is 2. The summed E-state index contributed by atoms with van der Waals surface area (Å²) in [7, 11) is 0. The van der Waals surface area contributed by atoms with Crippen molar-refractivity contribution in [1.29, 1.82) is 0 Å². The Morgan fingerprint density at radius 2 is 1.64 bits per heavy atom. The second kappa shape index (κ2) is 7.12. The van der Waals surface area contributed by atoms with Crippen LogP contribution in [0.1, 0.15) is 35.2 Å². The molecular weight excluding hydrogens is 388 g/mol. The summed E-state index contributed by atoms with van der Waals surface area (Å²) in [6.07, 6.45) is 1.34. The van der Waals surface area contributed by atoms with Crippen molar-refractivity contribution in [2.45, 2.75) is 24.8 Å². The first-order valence-electron chi connectivity index (χ1n) is 9.38. The monoisotopic (exact) mass is 406 g/mol. The van der Waals surface area contributed by atoms with Crippen LogP contribution in [0.4, 0.5) is 11.4 Å². The van der Waals surface area contributed by atoms with Gasteiger partial charge in [0.2, 0.25) is 0 Å². The number of benzene rings is 2. The molecule has 3 nitrogen and oxygen atoms in total. The summed E-state index contributed by atoms with van der Waals surface area (Å²) in [5, 5.41) is 7.15. The fourth-order valence-electron chi connectivity index (χ4n) is 4.15. The van der Waals surface area contributed by atoms with Crippen LogP contribution in [0.15, 0.2) is 78.0 Å². The summed E-state index contributed by atoms with van der Waals surface area (Å²) in [5.41, 5.74) is 5.06. The van der Waals surface area contributed by atoms with Crippen LogP contribution in [0, 0.1) is 0 Å². The number of hydrogen-bond donors (Lipinski definition) is 2. The van der Waals surface area contributed by atoms with Gasteiger partial charge in [0.05, 0.1) is 21.8 Å². The third-order valence-corrected chi connectivity index (χ3v) is 6.75. The molecule has 0 unspecified atom stereocenters. The first-order chi connectivity index (χ1) is 13.7. The molecule has 0 saturated heterocycles. The molecule has 3 aromatic rings. The second-order valence-corrected chi connectivity index (χ2v) is 8.97. The van der Waals surface area contributed by atoms with Crippen molar-refractivity contribution in [2.75, 3.05) is 10.6 Å². The molecule has 0 saturated carbocycles. The number of hydrogen-bond acceptors (Lipinski definition) is 4. The number of carbonyl (C=O) groups is 1. The van der Waals surface area contributed by atoms with Gasteiger partial charge in [0.15, 0.2) is 5.78 Å². The van der Waals surface area contributed by atoms with Crippen LogP contribution in [0.25, 0.3) is 0 Å². The molecule has 0 bridgehead atoms. The smallest absolute Gasteiger partial charge is 0.163 e. The SMILES string of the molecule is O=C1C[C@@H](c2ccccc2)CC2=C1[C@H](c1ccc(Cl)s1)Nc1ccccc1N2. The van der Waals surface area contributed by atoms with Crippen molar-refractivity contribution in [3.05, 3.63) is 92.8 Å². The largest absolute Gasteiger partial charge is 0.372 e. The van der Waals surface area contributed by atoms with Crippen molar-refractivity contribution in [1.82, 2.24) is 0 Å². The van der Waals surface area contributed by atoms with E-state index < -0.39 is 0 Å². The summed E-state index contributed by atoms with van der Waals surface area (Å²) >= 11 is 7.73. The highest BCUT2D eigenvalue weighted by molar-refractivity contribution is 7.16. The summed E-state index contributed by atoms with van der Waals surface area (Å²) in [5.74, 6) is 0.384. The van der Waals surface area contributed by atoms with E-state index in [0.717, 1.165) is 38.3 Å². The molecule has 140 valence electrons. The summed E-state index contributed by atoms with van der Waals surface area (Å²) < 4.78 is 0.731. The van der Waals surface area contributed by atoms with Crippen LogP contribution < -0.4 is 10.6 Å². The fraction of sp³-hybridized carbons (Fsp3) is 0.174. The highest BCUT2D eigenvalue weighted by atomic mass is 35.5. The lowest BCUT2D eigenvalue weighted by molar-refractivity contribution is -0.116. The van der Waals surface area contributed by atoms with E-state index in [0.29, 0.717) is 6.42 Å². The molecule has 2 aliphatic rings. The molecule has 0 radical (unpaired) electrons. The van der Waals surface area contributed by atoms with Crippen molar-refractivity contribution in [2.24, 2.45) is 0 Å². The molecule has 2 heterocycles. The molecule has 1 aliphatic carbocycles. The lowest BCUT2D eigenvalue weighted by Gasteiger charge is -2.29. The van der Waals surface area contributed by atoms with Gasteiger partial charge in [-0.3, -0.25) is 4.79 Å². The van der Waals surface area contributed by atoms with Crippen molar-refractivity contribution in [3.63, 3.8) is 0 Å². The third kappa shape index (κ3) is 3.13. The van der Waals surface area contributed by atoms with Gasteiger partial charge >= 0.3 is 0 Å². The molecule has 2 atom stereocenters. The number of Topliss-reactive ketones (excluding diaryl/α,β-unsaturated/α-hetero) is 1. The molecule has 0 fully saturated rings. The minimum atomic E-state index is -0.187. The Morgan fingerprint density at radius 3 is 2.39 bits per heavy atom. The van der Waals surface area contributed by atoms with E-state index in [1.165, 1.54) is 16.9 Å². The molecule has 5 rings (SSSR count). The van der Waals surface area contributed by atoms with Crippen LogP contribution in [0.3, 0.4) is 0 Å². The van der Waals surface area contributed by atoms with E-state index in [9.17, 15) is 4.79 Å². The standard InChI is InChI=1S/C23H19ClN2OS/c24-21-11-10-20(28-21)23-22-18(25-16-8-4-5-9-17(16)26-23)12-15(13-19(22)27)14-6-2-1-3-7-14/h1-11,15,23,25-26H,12-13H2/t15-,23-/m0/s1. The van der Waals surface area contributed by atoms with Gasteiger partial charge in [-0.25, -0.2) is 0 Å². The van der Waals surface area contributed by atoms with Crippen molar-refractivity contribution in [3.8, 4) is 0 Å². The zero-order chi connectivity index (χ0) is 19.1. The number of thiophene rings is 1. The van der Waals surface area contributed by atoms with E-state index >= 15 is 0 Å². The van der Waals surface area contributed by atoms with Crippen molar-refractivity contribution >= 4 is 40.1 Å². The lowest BCUT2D eigenvalue weighted by Crippen LogP contribution is -2.26. The number of fused-ring (bicyclic) bond motifs is 1. The van der Waals surface area contributed by atoms with E-state index in [2.05, 4.69) is 22.8 Å². The normalized spacial score (nSPS) is 21.2. The summed E-state index contributed by atoms with van der Waals surface area (Å²) in [6, 6.07) is 22.1. The molecule has 1 aromatic heterocycles. The molecule has 1 aliphatic heterocycles. The van der Waals surface area contributed by atoms with Crippen LogP contribution in [-0.2, 0) is 4.79 Å². The average Bonchev–Trinajstić information content (AvgIpc) is 3.06. The van der Waals surface area contributed by atoms with Gasteiger partial charge in [-0.1, -0.05) is 54.1 Å². The highest BCUT2D eigenvalue weighted by Crippen LogP contribution is 2.45. The number of nitrogens with one attached hydrogen (secondary N) is 2. The molecular formula is C23H19ClN2OS. The Bertz CT molecular complexity index is 1070. The van der Waals surface area contributed by atoms with E-state index in [1.807, 2.05) is 54.6 Å². The van der Waals surface area contributed by atoms with Gasteiger partial charge < -0.3 is 10.6 Å². The Balaban J connectivity index is 1.61. The molecule has 5 heteroatoms. The van der Waals surface area contributed by atoms with E-state index in [4.69, 9.17) is 11.6 Å². The predicted molar refractivity (Wildman–Crippen MR) is 116 cm³/mol. The van der Waals surface area contributed by atoms with Gasteiger partial charge in [-0.05, 0) is 42.2 Å². The Labute approximate surface area is 173 Å². The van der Waals surface area contributed by atoms with Gasteiger partial charge in [0, 0.05) is 22.6 Å². The number of carbonyl (C=O) groups excluding carboxylic acids is 1. The van der Waals surface area contributed by atoms with Crippen LogP contribution in [-0.4, -0.2) is 5.78 Å². The zero-order valence-electron chi connectivity index (χ0n) is 15.1. The predicted octanol–water partition coefficient (Wildman–Crippen LogP) is 6.38. The molecule has 0 spiro atoms. The number of anilines is 2. The van der Waals surface area contributed by atoms with Gasteiger partial charge in [0.25, 0.3) is 0 Å². The summed E-state index contributed by atoms with van der Waals surface area (Å²) in [6.45, 7) is 0. The van der Waals surface area contributed by atoms with Crippen LogP contribution in [0.5, 0.6) is 0 Å². The molecule has 0 amide bonds. The molecule has 28 heavy (non-hydrogen) atoms. The number of allylic oxidation sites excluding steroid dienone is 1. The first-order valence-corrected chi connectivity index (χ1v) is 10.6. The molecule has 2 aromatic carbocycles. The highest BCUT2D eigenvalue weighted by Gasteiger charge is 2.36. The summed E-state index contributed by atoms with van der Waals surface area (Å²) in [4.78, 5) is 14.4. The maximum Gasteiger partial charge on any atom is 0.163 e. The molecule has 2 N–H and O–H groups in total. The van der Waals surface area contributed by atoms with Crippen LogP contribution in [0.2, 0.25) is 4.34 Å². The average molecular weight is 407 g/mol. The van der Waals surface area contributed by atoms with Crippen molar-refractivity contribution < 1.29 is 4.79 Å². The number of ketones is 1. The van der Waals surface area contributed by atoms with E-state index in [1.54, 1.807) is 0 Å². The van der Waals surface area contributed by atoms with E-state index in [-0.39, 0.29) is 17.7 Å². The Morgan fingerprint density at radius 1 is 0.893 bits per heavy atom. The Kier molecular flexibility index (Phi) is 4.46. The number of rotatable bonds is 2. The van der Waals surface area contributed by atoms with Gasteiger partial charge in [-0.15, -0.1) is 11.3 Å². The topological polar surface area (TPSA) is 41.1 Å². The van der Waals surface area contributed by atoms with Gasteiger partial charge in [-0.2, -0.15) is 0 Å².